The predicted octanol–water partition coefficient (Wildman–Crippen LogP) is 5.25. The molecule has 0 unspecified atom stereocenters. The Kier molecular flexibility index (Phi) is 8.64. The Balaban J connectivity index is 0.000000199. The van der Waals surface area contributed by atoms with Crippen molar-refractivity contribution in [3.05, 3.63) is 93.6 Å². The van der Waals surface area contributed by atoms with Crippen molar-refractivity contribution < 1.29 is 24.5 Å². The van der Waals surface area contributed by atoms with Gasteiger partial charge in [-0.25, -0.2) is 0 Å². The summed E-state index contributed by atoms with van der Waals surface area (Å²) in [6, 6.07) is 14.6. The molecule has 216 valence electrons. The molecular formula is C32H28N6O5. The molecule has 0 atom stereocenters. The minimum Gasteiger partial charge on any atom is -0.506 e. The number of aliphatic hydroxyl groups is 2. The van der Waals surface area contributed by atoms with Crippen LogP contribution in [0.1, 0.15) is 46.2 Å². The molecule has 3 aliphatic rings. The highest BCUT2D eigenvalue weighted by Crippen LogP contribution is 2.42. The lowest BCUT2D eigenvalue weighted by molar-refractivity contribution is -0.115. The number of hydrogen-bond donors (Lipinski definition) is 2. The molecule has 0 radical (unpaired) electrons. The largest absolute Gasteiger partial charge is 0.506 e. The number of ether oxygens (including phenoxy) is 1. The standard InChI is InChI=1S/C18H16N2O3.C14H12N4O2/c1-10(2)20-13-6-4-5-7-14(13)23-15(20)8-12-16(11(3)9-19)18(22)17(12)21;1-2-3-6-18-10(4-5-17-18)12-13(19)11(14(12)20)9(7-15)8-16/h4-8,10,21H,1-3H3;4-5,19H,2-3,6H2,1H3/b15-8-,16-11+;. The van der Waals surface area contributed by atoms with Gasteiger partial charge in [0.15, 0.2) is 11.5 Å². The molecule has 2 N–H and O–H groups in total. The minimum atomic E-state index is -0.498. The first kappa shape index (κ1) is 30.1. The average Bonchev–Trinajstić information content (AvgIpc) is 3.62. The second-order valence-corrected chi connectivity index (χ2v) is 10.0. The van der Waals surface area contributed by atoms with Gasteiger partial charge in [0.1, 0.15) is 23.5 Å². The van der Waals surface area contributed by atoms with Crippen LogP contribution >= 0.6 is 0 Å². The van der Waals surface area contributed by atoms with E-state index in [0.29, 0.717) is 23.7 Å². The number of nitriles is 3. The summed E-state index contributed by atoms with van der Waals surface area (Å²) >= 11 is 0. The van der Waals surface area contributed by atoms with E-state index in [2.05, 4.69) is 5.10 Å². The lowest BCUT2D eigenvalue weighted by Crippen LogP contribution is -2.29. The number of benzene rings is 1. The van der Waals surface area contributed by atoms with Crippen molar-refractivity contribution in [3.8, 4) is 24.0 Å². The molecule has 2 aromatic rings. The Labute approximate surface area is 248 Å². The zero-order chi connectivity index (χ0) is 31.4. The monoisotopic (exact) mass is 576 g/mol. The van der Waals surface area contributed by atoms with Crippen molar-refractivity contribution in [1.29, 1.82) is 15.8 Å². The Morgan fingerprint density at radius 1 is 1.02 bits per heavy atom. The van der Waals surface area contributed by atoms with Gasteiger partial charge in [-0.05, 0) is 45.4 Å². The van der Waals surface area contributed by atoms with Crippen molar-refractivity contribution in [2.45, 2.75) is 53.1 Å². The first-order valence-electron chi connectivity index (χ1n) is 13.5. The predicted molar refractivity (Wildman–Crippen MR) is 156 cm³/mol. The minimum absolute atomic E-state index is 0.122. The van der Waals surface area contributed by atoms with Crippen molar-refractivity contribution in [1.82, 2.24) is 9.78 Å². The number of nitrogens with zero attached hydrogens (tertiary/aromatic N) is 6. The highest BCUT2D eigenvalue weighted by molar-refractivity contribution is 6.39. The maximum atomic E-state index is 12.0. The third-order valence-electron chi connectivity index (χ3n) is 6.97. The number of unbranched alkanes of at least 4 members (excludes halogenated alkanes) is 1. The molecule has 2 aliphatic carbocycles. The van der Waals surface area contributed by atoms with Crippen LogP contribution in [0.4, 0.5) is 5.69 Å². The highest BCUT2D eigenvalue weighted by Gasteiger charge is 2.39. The van der Waals surface area contributed by atoms with E-state index in [1.54, 1.807) is 42.1 Å². The number of ketones is 2. The van der Waals surface area contributed by atoms with Crippen LogP contribution in [0.3, 0.4) is 0 Å². The molecule has 0 saturated carbocycles. The number of anilines is 1. The van der Waals surface area contributed by atoms with Crippen LogP contribution < -0.4 is 9.64 Å². The number of carbonyl (C=O) groups excluding carboxylic acids is 2. The van der Waals surface area contributed by atoms with Gasteiger partial charge in [0, 0.05) is 36.0 Å². The summed E-state index contributed by atoms with van der Waals surface area (Å²) in [7, 11) is 0. The van der Waals surface area contributed by atoms with E-state index >= 15 is 0 Å². The number of carbonyl (C=O) groups is 2. The third kappa shape index (κ3) is 5.30. The molecule has 0 saturated heterocycles. The second kappa shape index (κ2) is 12.3. The zero-order valence-corrected chi connectivity index (χ0v) is 24.0. The maximum Gasteiger partial charge on any atom is 0.229 e. The van der Waals surface area contributed by atoms with E-state index < -0.39 is 11.6 Å². The molecule has 1 aromatic carbocycles. The van der Waals surface area contributed by atoms with Gasteiger partial charge in [0.05, 0.1) is 34.2 Å². The second-order valence-electron chi connectivity index (χ2n) is 10.0. The van der Waals surface area contributed by atoms with E-state index in [1.807, 2.05) is 56.0 Å². The number of rotatable bonds is 6. The molecule has 0 bridgehead atoms. The van der Waals surface area contributed by atoms with Gasteiger partial charge < -0.3 is 19.8 Å². The average molecular weight is 577 g/mol. The van der Waals surface area contributed by atoms with Gasteiger partial charge in [-0.2, -0.15) is 20.9 Å². The molecule has 0 spiro atoms. The van der Waals surface area contributed by atoms with E-state index in [9.17, 15) is 19.8 Å². The van der Waals surface area contributed by atoms with Crippen molar-refractivity contribution in [2.75, 3.05) is 4.90 Å². The lowest BCUT2D eigenvalue weighted by Gasteiger charge is -2.25. The molecule has 0 amide bonds. The Bertz CT molecular complexity index is 1800. The summed E-state index contributed by atoms with van der Waals surface area (Å²) in [5.41, 5.74) is 1.89. The van der Waals surface area contributed by atoms with Crippen LogP contribution in [0.15, 0.2) is 87.9 Å². The van der Waals surface area contributed by atoms with Crippen molar-refractivity contribution in [3.63, 3.8) is 0 Å². The third-order valence-corrected chi connectivity index (χ3v) is 6.97. The fraction of sp³-hybridized carbons (Fsp3) is 0.250. The van der Waals surface area contributed by atoms with Crippen molar-refractivity contribution in [2.24, 2.45) is 0 Å². The topological polar surface area (TPSA) is 176 Å². The number of aryl methyl sites for hydroxylation is 1. The number of hydrogen-bond acceptors (Lipinski definition) is 10. The van der Waals surface area contributed by atoms with Gasteiger partial charge in [0.2, 0.25) is 17.4 Å². The maximum absolute atomic E-state index is 12.0. The van der Waals surface area contributed by atoms with Gasteiger partial charge >= 0.3 is 0 Å². The molecule has 1 aliphatic heterocycles. The summed E-state index contributed by atoms with van der Waals surface area (Å²) in [5, 5.41) is 50.4. The highest BCUT2D eigenvalue weighted by atomic mass is 16.5. The van der Waals surface area contributed by atoms with Gasteiger partial charge in [0.25, 0.3) is 0 Å². The molecular weight excluding hydrogens is 548 g/mol. The fourth-order valence-corrected chi connectivity index (χ4v) is 4.81. The van der Waals surface area contributed by atoms with Gasteiger partial charge in [-0.1, -0.05) is 25.5 Å². The normalized spacial score (nSPS) is 17.3. The summed E-state index contributed by atoms with van der Waals surface area (Å²) < 4.78 is 7.50. The Morgan fingerprint density at radius 2 is 1.72 bits per heavy atom. The number of aliphatic hydroxyl groups excluding tert-OH is 2. The van der Waals surface area contributed by atoms with E-state index in [4.69, 9.17) is 20.5 Å². The van der Waals surface area contributed by atoms with Crippen LogP contribution in [0.5, 0.6) is 5.75 Å². The molecule has 0 fully saturated rings. The van der Waals surface area contributed by atoms with Gasteiger partial charge in [-0.15, -0.1) is 0 Å². The molecule has 11 heteroatoms. The summed E-state index contributed by atoms with van der Waals surface area (Å²) in [6.45, 7) is 8.29. The van der Waals surface area contributed by atoms with Gasteiger partial charge in [-0.3, -0.25) is 14.3 Å². The molecule has 1 aromatic heterocycles. The first-order chi connectivity index (χ1) is 20.6. The SMILES string of the molecule is C/C(C#N)=C1\C(=O)C(O)=C1/C=C1\Oc2ccccc2N1C(C)C.CCCCn1nccc1C1=C(O)C(=C(C#N)C#N)C1=O. The summed E-state index contributed by atoms with van der Waals surface area (Å²) in [6.07, 6.45) is 5.06. The molecule has 11 nitrogen and oxygen atoms in total. The Morgan fingerprint density at radius 3 is 2.33 bits per heavy atom. The quantitative estimate of drug-likeness (QED) is 0.341. The fourth-order valence-electron chi connectivity index (χ4n) is 4.81. The smallest absolute Gasteiger partial charge is 0.229 e. The van der Waals surface area contributed by atoms with E-state index in [-0.39, 0.29) is 45.4 Å². The summed E-state index contributed by atoms with van der Waals surface area (Å²) in [4.78, 5) is 25.8. The Hall–Kier alpha value is -5.86. The van der Waals surface area contributed by atoms with Crippen LogP contribution in [-0.4, -0.2) is 37.6 Å². The van der Waals surface area contributed by atoms with Crippen LogP contribution in [0, 0.1) is 34.0 Å². The van der Waals surface area contributed by atoms with Crippen LogP contribution in [-0.2, 0) is 16.1 Å². The van der Waals surface area contributed by atoms with E-state index in [0.717, 1.165) is 24.3 Å². The molecule has 43 heavy (non-hydrogen) atoms. The molecule has 2 heterocycles. The number of fused-ring (bicyclic) bond motifs is 1. The number of allylic oxidation sites excluding steroid dienone is 7. The zero-order valence-electron chi connectivity index (χ0n) is 24.0. The first-order valence-corrected chi connectivity index (χ1v) is 13.5. The van der Waals surface area contributed by atoms with Crippen LogP contribution in [0.2, 0.25) is 0 Å². The molecule has 5 rings (SSSR count). The van der Waals surface area contributed by atoms with Crippen LogP contribution in [0.25, 0.3) is 5.57 Å². The number of Topliss-reactive ketones (excluding diaryl/α,β-unsaturated/α-hetero) is 2. The van der Waals surface area contributed by atoms with E-state index in [1.165, 1.54) is 0 Å². The number of aromatic nitrogens is 2. The summed E-state index contributed by atoms with van der Waals surface area (Å²) in [5.74, 6) is -0.364. The van der Waals surface area contributed by atoms with Crippen molar-refractivity contribution >= 4 is 22.8 Å². The lowest BCUT2D eigenvalue weighted by atomic mass is 9.83. The number of para-hydroxylation sites is 2.